The van der Waals surface area contributed by atoms with Crippen molar-refractivity contribution in [2.45, 2.75) is 39.7 Å². The summed E-state index contributed by atoms with van der Waals surface area (Å²) in [5.74, 6) is -0.0566. The van der Waals surface area contributed by atoms with Crippen molar-refractivity contribution in [3.8, 4) is 5.75 Å². The molecule has 1 heterocycles. The second-order valence-corrected chi connectivity index (χ2v) is 8.20. The minimum absolute atomic E-state index is 0.314. The number of hydrogen-bond acceptors (Lipinski definition) is 5. The van der Waals surface area contributed by atoms with Crippen molar-refractivity contribution in [2.75, 3.05) is 13.2 Å². The van der Waals surface area contributed by atoms with Gasteiger partial charge in [0.15, 0.2) is 4.80 Å². The summed E-state index contributed by atoms with van der Waals surface area (Å²) in [6.45, 7) is 9.16. The zero-order valence-corrected chi connectivity index (χ0v) is 19.3. The highest BCUT2D eigenvalue weighted by Gasteiger charge is 2.13. The van der Waals surface area contributed by atoms with Gasteiger partial charge in [0, 0.05) is 12.1 Å². The van der Waals surface area contributed by atoms with Crippen LogP contribution in [-0.4, -0.2) is 29.7 Å². The first kappa shape index (κ1) is 23.5. The maximum atomic E-state index is 12.9. The van der Waals surface area contributed by atoms with Crippen LogP contribution in [0.2, 0.25) is 0 Å². The van der Waals surface area contributed by atoms with E-state index in [0.29, 0.717) is 41.4 Å². The maximum absolute atomic E-state index is 12.9. The summed E-state index contributed by atoms with van der Waals surface area (Å²) < 4.78 is 13.6. The topological polar surface area (TPSA) is 69.9 Å². The van der Waals surface area contributed by atoms with Crippen LogP contribution in [0.5, 0.6) is 5.75 Å². The number of fused-ring (bicyclic) bond motifs is 1. The van der Waals surface area contributed by atoms with Gasteiger partial charge in [0.05, 0.1) is 29.0 Å². The van der Waals surface area contributed by atoms with Gasteiger partial charge in [0.2, 0.25) is 0 Å². The van der Waals surface area contributed by atoms with Gasteiger partial charge in [-0.05, 0) is 49.7 Å². The molecule has 0 saturated carbocycles. The molecule has 0 N–H and O–H groups in total. The van der Waals surface area contributed by atoms with Crippen LogP contribution in [0.1, 0.15) is 53.8 Å². The molecule has 0 aliphatic carbocycles. The number of rotatable bonds is 10. The summed E-state index contributed by atoms with van der Waals surface area (Å²) in [4.78, 5) is 29.9. The van der Waals surface area contributed by atoms with E-state index in [1.54, 1.807) is 43.3 Å². The normalized spacial score (nSPS) is 11.5. The fourth-order valence-electron chi connectivity index (χ4n) is 3.22. The average molecular weight is 453 g/mol. The largest absolute Gasteiger partial charge is 0.494 e. The Morgan fingerprint density at radius 2 is 1.97 bits per heavy atom. The Hall–Kier alpha value is -3.19. The Labute approximate surface area is 191 Å². The predicted octanol–water partition coefficient (Wildman–Crippen LogP) is 5.38. The van der Waals surface area contributed by atoms with Gasteiger partial charge in [0.25, 0.3) is 5.91 Å². The van der Waals surface area contributed by atoms with Crippen molar-refractivity contribution in [1.82, 2.24) is 4.57 Å². The number of thiazole rings is 1. The molecule has 1 aromatic heterocycles. The van der Waals surface area contributed by atoms with Crippen LogP contribution < -0.4 is 9.54 Å². The number of unbranched alkanes of at least 4 members (excludes halogenated alkanes) is 2. The van der Waals surface area contributed by atoms with Crippen molar-refractivity contribution in [3.63, 3.8) is 0 Å². The van der Waals surface area contributed by atoms with E-state index in [1.165, 1.54) is 11.3 Å². The summed E-state index contributed by atoms with van der Waals surface area (Å²) >= 11 is 1.35. The van der Waals surface area contributed by atoms with Gasteiger partial charge in [-0.25, -0.2) is 4.79 Å². The molecule has 1 amide bonds. The van der Waals surface area contributed by atoms with Crippen molar-refractivity contribution in [3.05, 3.63) is 71.0 Å². The number of hydrogen-bond donors (Lipinski definition) is 0. The number of benzene rings is 2. The summed E-state index contributed by atoms with van der Waals surface area (Å²) in [7, 11) is 0. The zero-order chi connectivity index (χ0) is 22.9. The third-order valence-corrected chi connectivity index (χ3v) is 5.84. The molecule has 0 atom stereocenters. The highest BCUT2D eigenvalue weighted by molar-refractivity contribution is 7.16. The van der Waals surface area contributed by atoms with Crippen LogP contribution in [0.15, 0.2) is 60.1 Å². The van der Waals surface area contributed by atoms with E-state index < -0.39 is 0 Å². The Bertz CT molecular complexity index is 1180. The lowest BCUT2D eigenvalue weighted by atomic mass is 10.2. The quantitative estimate of drug-likeness (QED) is 0.235. The summed E-state index contributed by atoms with van der Waals surface area (Å²) in [6.07, 6.45) is 4.97. The second kappa shape index (κ2) is 11.4. The average Bonchev–Trinajstić information content (AvgIpc) is 3.13. The molecule has 2 aromatic carbocycles. The van der Waals surface area contributed by atoms with E-state index in [0.717, 1.165) is 29.5 Å². The number of esters is 1. The van der Waals surface area contributed by atoms with Crippen LogP contribution >= 0.6 is 11.3 Å². The number of nitrogens with zero attached hydrogens (tertiary/aromatic N) is 2. The zero-order valence-electron chi connectivity index (χ0n) is 18.5. The molecular formula is C25H28N2O4S. The van der Waals surface area contributed by atoms with Crippen molar-refractivity contribution in [2.24, 2.45) is 4.99 Å². The molecule has 3 aromatic rings. The molecule has 32 heavy (non-hydrogen) atoms. The molecule has 0 bridgehead atoms. The lowest BCUT2D eigenvalue weighted by Crippen LogP contribution is -2.16. The third-order valence-electron chi connectivity index (χ3n) is 4.80. The highest BCUT2D eigenvalue weighted by Crippen LogP contribution is 2.21. The number of carbonyl (C=O) groups excluding carboxylic acids is 2. The Morgan fingerprint density at radius 1 is 1.12 bits per heavy atom. The first-order chi connectivity index (χ1) is 15.6. The molecule has 0 unspecified atom stereocenters. The van der Waals surface area contributed by atoms with E-state index in [9.17, 15) is 9.59 Å². The Morgan fingerprint density at radius 3 is 2.72 bits per heavy atom. The smallest absolute Gasteiger partial charge is 0.338 e. The van der Waals surface area contributed by atoms with E-state index in [1.807, 2.05) is 16.7 Å². The second-order valence-electron chi connectivity index (χ2n) is 7.19. The summed E-state index contributed by atoms with van der Waals surface area (Å²) in [6, 6.07) is 12.4. The SMILES string of the molecule is C=CCn1c(=NC(=O)c2cccc(OCCCCC)c2)sc2cc(C(=O)OCC)ccc21. The van der Waals surface area contributed by atoms with Crippen LogP contribution in [0.25, 0.3) is 10.2 Å². The number of amides is 1. The summed E-state index contributed by atoms with van der Waals surface area (Å²) in [5, 5.41) is 0. The van der Waals surface area contributed by atoms with Crippen LogP contribution in [0, 0.1) is 0 Å². The lowest BCUT2D eigenvalue weighted by Gasteiger charge is -2.06. The minimum Gasteiger partial charge on any atom is -0.494 e. The fourth-order valence-corrected chi connectivity index (χ4v) is 4.29. The maximum Gasteiger partial charge on any atom is 0.338 e. The van der Waals surface area contributed by atoms with Gasteiger partial charge < -0.3 is 14.0 Å². The van der Waals surface area contributed by atoms with Crippen molar-refractivity contribution < 1.29 is 19.1 Å². The molecule has 168 valence electrons. The van der Waals surface area contributed by atoms with Crippen LogP contribution in [0.3, 0.4) is 0 Å². The van der Waals surface area contributed by atoms with E-state index in [2.05, 4.69) is 18.5 Å². The van der Waals surface area contributed by atoms with Gasteiger partial charge in [-0.15, -0.1) is 6.58 Å². The molecule has 0 spiro atoms. The van der Waals surface area contributed by atoms with Crippen LogP contribution in [0.4, 0.5) is 0 Å². The van der Waals surface area contributed by atoms with Gasteiger partial charge >= 0.3 is 5.97 Å². The van der Waals surface area contributed by atoms with E-state index in [-0.39, 0.29) is 11.9 Å². The third kappa shape index (κ3) is 5.73. The number of aromatic nitrogens is 1. The predicted molar refractivity (Wildman–Crippen MR) is 127 cm³/mol. The van der Waals surface area contributed by atoms with Crippen LogP contribution in [-0.2, 0) is 11.3 Å². The molecular weight excluding hydrogens is 424 g/mol. The van der Waals surface area contributed by atoms with Gasteiger partial charge in [-0.2, -0.15) is 4.99 Å². The van der Waals surface area contributed by atoms with Crippen molar-refractivity contribution >= 4 is 33.4 Å². The van der Waals surface area contributed by atoms with Gasteiger partial charge in [0.1, 0.15) is 5.75 Å². The van der Waals surface area contributed by atoms with Crippen molar-refractivity contribution in [1.29, 1.82) is 0 Å². The lowest BCUT2D eigenvalue weighted by molar-refractivity contribution is 0.0526. The number of ether oxygens (including phenoxy) is 2. The number of carbonyl (C=O) groups is 2. The van der Waals surface area contributed by atoms with E-state index in [4.69, 9.17) is 9.47 Å². The van der Waals surface area contributed by atoms with Gasteiger partial charge in [-0.1, -0.05) is 43.2 Å². The highest BCUT2D eigenvalue weighted by atomic mass is 32.1. The van der Waals surface area contributed by atoms with E-state index >= 15 is 0 Å². The molecule has 0 aliphatic heterocycles. The summed E-state index contributed by atoms with van der Waals surface area (Å²) in [5.41, 5.74) is 1.81. The molecule has 7 heteroatoms. The Balaban J connectivity index is 1.92. The molecule has 0 radical (unpaired) electrons. The molecule has 0 saturated heterocycles. The first-order valence-electron chi connectivity index (χ1n) is 10.8. The molecule has 6 nitrogen and oxygen atoms in total. The van der Waals surface area contributed by atoms with Gasteiger partial charge in [-0.3, -0.25) is 4.79 Å². The molecule has 0 fully saturated rings. The monoisotopic (exact) mass is 452 g/mol. The first-order valence-corrected chi connectivity index (χ1v) is 11.6. The minimum atomic E-state index is -0.372. The molecule has 3 rings (SSSR count). The molecule has 0 aliphatic rings. The standard InChI is InChI=1S/C25H28N2O4S/c1-4-7-8-15-31-20-11-9-10-18(16-20)23(28)26-25-27(14-5-2)21-13-12-19(17-22(21)32-25)24(29)30-6-3/h5,9-13,16-17H,2,4,6-8,14-15H2,1,3H3. The number of allylic oxidation sites excluding steroid dienone is 1. The fraction of sp³-hybridized carbons (Fsp3) is 0.320. The Kier molecular flexibility index (Phi) is 8.39.